The van der Waals surface area contributed by atoms with Crippen LogP contribution in [0.25, 0.3) is 0 Å². The molecule has 2 fully saturated rings. The number of fused-ring (bicyclic) bond motifs is 1. The van der Waals surface area contributed by atoms with Crippen LogP contribution in [0.2, 0.25) is 0 Å². The van der Waals surface area contributed by atoms with Gasteiger partial charge >= 0.3 is 0 Å². The molecule has 0 amide bonds. The van der Waals surface area contributed by atoms with E-state index in [2.05, 4.69) is 34.6 Å². The van der Waals surface area contributed by atoms with Crippen molar-refractivity contribution >= 4 is 0 Å². The lowest BCUT2D eigenvalue weighted by Crippen LogP contribution is -2.50. The highest BCUT2D eigenvalue weighted by atomic mass is 14.7. The number of hydrogen-bond donors (Lipinski definition) is 0. The van der Waals surface area contributed by atoms with Crippen LogP contribution < -0.4 is 0 Å². The SMILES string of the molecule is CC1(C)CC2CC(C)(C)C2(C)C1. The molecule has 2 aliphatic rings. The highest BCUT2D eigenvalue weighted by Gasteiger charge is 2.62. The molecule has 12 heavy (non-hydrogen) atoms. The Morgan fingerprint density at radius 2 is 1.50 bits per heavy atom. The zero-order chi connectivity index (χ0) is 9.20. The molecule has 0 heteroatoms. The van der Waals surface area contributed by atoms with Gasteiger partial charge in [-0.1, -0.05) is 34.6 Å². The molecule has 0 N–H and O–H groups in total. The first-order valence-electron chi connectivity index (χ1n) is 5.27. The van der Waals surface area contributed by atoms with Gasteiger partial charge in [0.2, 0.25) is 0 Å². The molecule has 0 aliphatic heterocycles. The third kappa shape index (κ3) is 0.843. The maximum absolute atomic E-state index is 2.51. The summed E-state index contributed by atoms with van der Waals surface area (Å²) in [5.74, 6) is 1.03. The van der Waals surface area contributed by atoms with Crippen molar-refractivity contribution in [3.05, 3.63) is 0 Å². The topological polar surface area (TPSA) is 0 Å². The van der Waals surface area contributed by atoms with Crippen LogP contribution >= 0.6 is 0 Å². The second-order valence-electron chi connectivity index (χ2n) is 6.75. The Bertz CT molecular complexity index is 212. The van der Waals surface area contributed by atoms with E-state index in [1.54, 1.807) is 0 Å². The Kier molecular flexibility index (Phi) is 1.37. The van der Waals surface area contributed by atoms with Crippen molar-refractivity contribution in [1.82, 2.24) is 0 Å². The molecule has 0 nitrogen and oxygen atoms in total. The minimum atomic E-state index is 0.617. The maximum atomic E-state index is 2.51. The third-order valence-electron chi connectivity index (χ3n) is 4.85. The molecule has 2 rings (SSSR count). The summed E-state index contributed by atoms with van der Waals surface area (Å²) in [6.45, 7) is 12.3. The quantitative estimate of drug-likeness (QED) is 0.512. The predicted octanol–water partition coefficient (Wildman–Crippen LogP) is 3.86. The Labute approximate surface area is 76.7 Å². The fourth-order valence-electron chi connectivity index (χ4n) is 3.91. The van der Waals surface area contributed by atoms with Gasteiger partial charge in [0.15, 0.2) is 0 Å². The molecule has 70 valence electrons. The van der Waals surface area contributed by atoms with Gasteiger partial charge in [-0.2, -0.15) is 0 Å². The van der Waals surface area contributed by atoms with Crippen LogP contribution in [-0.2, 0) is 0 Å². The molecular formula is C12H22. The lowest BCUT2D eigenvalue weighted by atomic mass is 9.47. The van der Waals surface area contributed by atoms with E-state index in [0.29, 0.717) is 16.2 Å². The number of rotatable bonds is 0. The lowest BCUT2D eigenvalue weighted by molar-refractivity contribution is -0.0855. The molecule has 0 saturated heterocycles. The minimum Gasteiger partial charge on any atom is -0.0599 e. The van der Waals surface area contributed by atoms with Crippen LogP contribution in [0.3, 0.4) is 0 Å². The van der Waals surface area contributed by atoms with Crippen LogP contribution in [0.1, 0.15) is 53.9 Å². The second-order valence-corrected chi connectivity index (χ2v) is 6.75. The van der Waals surface area contributed by atoms with Crippen molar-refractivity contribution in [2.45, 2.75) is 53.9 Å². The summed E-state index contributed by atoms with van der Waals surface area (Å²) >= 11 is 0. The summed E-state index contributed by atoms with van der Waals surface area (Å²) < 4.78 is 0. The molecule has 0 radical (unpaired) electrons. The van der Waals surface area contributed by atoms with E-state index < -0.39 is 0 Å². The van der Waals surface area contributed by atoms with Gasteiger partial charge in [0.05, 0.1) is 0 Å². The second kappa shape index (κ2) is 1.91. The van der Waals surface area contributed by atoms with E-state index in [0.717, 1.165) is 5.92 Å². The summed E-state index contributed by atoms with van der Waals surface area (Å²) in [6.07, 6.45) is 4.37. The van der Waals surface area contributed by atoms with E-state index in [4.69, 9.17) is 0 Å². The summed E-state index contributed by atoms with van der Waals surface area (Å²) in [6, 6.07) is 0. The summed E-state index contributed by atoms with van der Waals surface area (Å²) in [7, 11) is 0. The van der Waals surface area contributed by atoms with Gasteiger partial charge in [-0.15, -0.1) is 0 Å². The zero-order valence-electron chi connectivity index (χ0n) is 9.20. The fourth-order valence-corrected chi connectivity index (χ4v) is 3.91. The van der Waals surface area contributed by atoms with Gasteiger partial charge in [-0.3, -0.25) is 0 Å². The highest BCUT2D eigenvalue weighted by molar-refractivity contribution is 5.12. The maximum Gasteiger partial charge on any atom is -0.0241 e. The first-order valence-corrected chi connectivity index (χ1v) is 5.27. The molecule has 0 spiro atoms. The molecule has 0 aromatic heterocycles. The van der Waals surface area contributed by atoms with Crippen molar-refractivity contribution in [3.8, 4) is 0 Å². The van der Waals surface area contributed by atoms with E-state index in [1.807, 2.05) is 0 Å². The largest absolute Gasteiger partial charge is 0.0599 e. The van der Waals surface area contributed by atoms with Gasteiger partial charge < -0.3 is 0 Å². The van der Waals surface area contributed by atoms with E-state index >= 15 is 0 Å². The van der Waals surface area contributed by atoms with E-state index in [-0.39, 0.29) is 0 Å². The number of hydrogen-bond acceptors (Lipinski definition) is 0. The Morgan fingerprint density at radius 1 is 0.917 bits per heavy atom. The van der Waals surface area contributed by atoms with Crippen LogP contribution in [-0.4, -0.2) is 0 Å². The summed E-state index contributed by atoms with van der Waals surface area (Å²) in [4.78, 5) is 0. The standard InChI is InChI=1S/C12H22/c1-10(2)6-9-7-11(3,4)12(9,5)8-10/h9H,6-8H2,1-5H3. The molecule has 2 atom stereocenters. The van der Waals surface area contributed by atoms with Crippen molar-refractivity contribution in [2.75, 3.05) is 0 Å². The van der Waals surface area contributed by atoms with Gasteiger partial charge in [0.25, 0.3) is 0 Å². The van der Waals surface area contributed by atoms with Crippen molar-refractivity contribution in [1.29, 1.82) is 0 Å². The monoisotopic (exact) mass is 166 g/mol. The molecule has 0 heterocycles. The molecule has 2 saturated carbocycles. The first-order chi connectivity index (χ1) is 5.27. The third-order valence-corrected chi connectivity index (χ3v) is 4.85. The molecule has 0 aromatic carbocycles. The Morgan fingerprint density at radius 3 is 1.83 bits per heavy atom. The van der Waals surface area contributed by atoms with Gasteiger partial charge in [0.1, 0.15) is 0 Å². The normalized spacial score (nSPS) is 48.2. The van der Waals surface area contributed by atoms with Crippen LogP contribution in [0.15, 0.2) is 0 Å². The minimum absolute atomic E-state index is 0.617. The fraction of sp³-hybridized carbons (Fsp3) is 1.00. The molecule has 0 aromatic rings. The van der Waals surface area contributed by atoms with Crippen LogP contribution in [0.5, 0.6) is 0 Å². The Hall–Kier alpha value is 0. The van der Waals surface area contributed by atoms with Gasteiger partial charge in [-0.25, -0.2) is 0 Å². The molecule has 2 aliphatic carbocycles. The summed E-state index contributed by atoms with van der Waals surface area (Å²) in [5, 5.41) is 0. The van der Waals surface area contributed by atoms with Gasteiger partial charge in [-0.05, 0) is 41.4 Å². The lowest BCUT2D eigenvalue weighted by Gasteiger charge is -2.58. The molecular weight excluding hydrogens is 144 g/mol. The van der Waals surface area contributed by atoms with Crippen LogP contribution in [0.4, 0.5) is 0 Å². The van der Waals surface area contributed by atoms with Crippen LogP contribution in [0, 0.1) is 22.2 Å². The van der Waals surface area contributed by atoms with Crippen molar-refractivity contribution in [2.24, 2.45) is 22.2 Å². The smallest absolute Gasteiger partial charge is 0.0241 e. The van der Waals surface area contributed by atoms with Crippen molar-refractivity contribution < 1.29 is 0 Å². The van der Waals surface area contributed by atoms with E-state index in [1.165, 1.54) is 19.3 Å². The highest BCUT2D eigenvalue weighted by Crippen LogP contribution is 2.71. The molecule has 2 unspecified atom stereocenters. The van der Waals surface area contributed by atoms with E-state index in [9.17, 15) is 0 Å². The average molecular weight is 166 g/mol. The van der Waals surface area contributed by atoms with Gasteiger partial charge in [0, 0.05) is 0 Å². The van der Waals surface area contributed by atoms with Crippen molar-refractivity contribution in [3.63, 3.8) is 0 Å². The Balaban J connectivity index is 2.25. The molecule has 0 bridgehead atoms. The first kappa shape index (κ1) is 8.59. The summed E-state index contributed by atoms with van der Waals surface area (Å²) in [5.41, 5.74) is 1.90. The predicted molar refractivity (Wildman–Crippen MR) is 53.0 cm³/mol. The average Bonchev–Trinajstić information content (AvgIpc) is 2.01. The zero-order valence-corrected chi connectivity index (χ0v) is 9.20.